The van der Waals surface area contributed by atoms with Crippen molar-refractivity contribution in [1.82, 2.24) is 9.80 Å². The highest BCUT2D eigenvalue weighted by molar-refractivity contribution is 6.30. The molecule has 1 aliphatic heterocycles. The summed E-state index contributed by atoms with van der Waals surface area (Å²) in [6.07, 6.45) is 0. The monoisotopic (exact) mass is 464 g/mol. The van der Waals surface area contributed by atoms with Crippen LogP contribution in [0, 0.1) is 0 Å². The summed E-state index contributed by atoms with van der Waals surface area (Å²) in [6, 6.07) is 14.4. The smallest absolute Gasteiger partial charge is 0.414 e. The van der Waals surface area contributed by atoms with Gasteiger partial charge in [-0.2, -0.15) is 0 Å². The molecule has 3 rings (SSSR count). The van der Waals surface area contributed by atoms with E-state index >= 15 is 0 Å². The van der Waals surface area contributed by atoms with E-state index in [2.05, 4.69) is 34.1 Å². The van der Waals surface area contributed by atoms with Gasteiger partial charge in [-0.1, -0.05) is 29.8 Å². The van der Waals surface area contributed by atoms with Gasteiger partial charge in [-0.3, -0.25) is 9.80 Å². The summed E-state index contributed by atoms with van der Waals surface area (Å²) in [5.41, 5.74) is 2.58. The third-order valence-corrected chi connectivity index (χ3v) is 5.15. The maximum atomic E-state index is 9.10. The molecule has 8 nitrogen and oxygen atoms in total. The van der Waals surface area contributed by atoms with E-state index in [4.69, 9.17) is 40.9 Å². The number of hydrogen-bond acceptors (Lipinski definition) is 6. The molecule has 1 fully saturated rings. The Morgan fingerprint density at radius 1 is 0.875 bits per heavy atom. The highest BCUT2D eigenvalue weighted by atomic mass is 35.5. The van der Waals surface area contributed by atoms with E-state index in [9.17, 15) is 0 Å². The van der Waals surface area contributed by atoms with Crippen LogP contribution in [-0.2, 0) is 22.7 Å². The molecule has 1 saturated heterocycles. The molecule has 0 amide bonds. The normalized spacial score (nSPS) is 14.2. The molecule has 0 aliphatic carbocycles. The van der Waals surface area contributed by atoms with E-state index in [-0.39, 0.29) is 0 Å². The van der Waals surface area contributed by atoms with Gasteiger partial charge < -0.3 is 19.7 Å². The van der Waals surface area contributed by atoms with Crippen molar-refractivity contribution in [2.45, 2.75) is 20.0 Å². The van der Waals surface area contributed by atoms with Crippen molar-refractivity contribution < 1.29 is 29.3 Å². The van der Waals surface area contributed by atoms with Gasteiger partial charge in [0.25, 0.3) is 0 Å². The lowest BCUT2D eigenvalue weighted by Gasteiger charge is -2.34. The number of rotatable bonds is 7. The summed E-state index contributed by atoms with van der Waals surface area (Å²) in [6.45, 7) is 8.87. The molecule has 2 aromatic rings. The molecule has 0 unspecified atom stereocenters. The fourth-order valence-corrected chi connectivity index (χ4v) is 3.43. The van der Waals surface area contributed by atoms with Gasteiger partial charge in [-0.25, -0.2) is 9.59 Å². The number of carboxylic acid groups (broad SMARTS) is 2. The van der Waals surface area contributed by atoms with Crippen LogP contribution in [0.25, 0.3) is 0 Å². The van der Waals surface area contributed by atoms with Crippen molar-refractivity contribution in [1.29, 1.82) is 0 Å². The highest BCUT2D eigenvalue weighted by Gasteiger charge is 2.18. The number of nitrogens with zero attached hydrogens (tertiary/aromatic N) is 2. The van der Waals surface area contributed by atoms with Crippen LogP contribution in [0.1, 0.15) is 18.1 Å². The number of carboxylic acids is 2. The SMILES string of the molecule is CCOc1cc(CN2CCN(Cc3ccc(Cl)cc3)CC2)ccc1OC.O=C(O)C(=O)O. The van der Waals surface area contributed by atoms with Crippen molar-refractivity contribution >= 4 is 23.5 Å². The number of halogens is 1. The quantitative estimate of drug-likeness (QED) is 0.602. The molecule has 0 bridgehead atoms. The van der Waals surface area contributed by atoms with Crippen LogP contribution >= 0.6 is 11.6 Å². The lowest BCUT2D eigenvalue weighted by atomic mass is 10.1. The number of hydrogen-bond donors (Lipinski definition) is 2. The Bertz CT molecular complexity index is 871. The van der Waals surface area contributed by atoms with E-state index in [1.165, 1.54) is 11.1 Å². The van der Waals surface area contributed by atoms with Crippen LogP contribution in [-0.4, -0.2) is 71.8 Å². The van der Waals surface area contributed by atoms with Gasteiger partial charge in [-0.15, -0.1) is 0 Å². The Morgan fingerprint density at radius 2 is 1.38 bits per heavy atom. The molecule has 174 valence electrons. The summed E-state index contributed by atoms with van der Waals surface area (Å²) >= 11 is 5.96. The fourth-order valence-electron chi connectivity index (χ4n) is 3.30. The van der Waals surface area contributed by atoms with Crippen LogP contribution < -0.4 is 9.47 Å². The zero-order chi connectivity index (χ0) is 23.5. The predicted octanol–water partition coefficient (Wildman–Crippen LogP) is 3.22. The average Bonchev–Trinajstić information content (AvgIpc) is 2.77. The first-order valence-electron chi connectivity index (χ1n) is 10.3. The number of piperazine rings is 1. The molecule has 2 N–H and O–H groups in total. The Labute approximate surface area is 192 Å². The highest BCUT2D eigenvalue weighted by Crippen LogP contribution is 2.28. The first-order valence-corrected chi connectivity index (χ1v) is 10.6. The molecule has 0 radical (unpaired) electrons. The Balaban J connectivity index is 0.000000534. The van der Waals surface area contributed by atoms with Gasteiger partial charge in [0.1, 0.15) is 0 Å². The number of methoxy groups -OCH3 is 1. The Morgan fingerprint density at radius 3 is 1.84 bits per heavy atom. The Hall–Kier alpha value is -2.81. The zero-order valence-corrected chi connectivity index (χ0v) is 19.0. The van der Waals surface area contributed by atoms with Crippen LogP contribution in [0.5, 0.6) is 11.5 Å². The summed E-state index contributed by atoms with van der Waals surface area (Å²) < 4.78 is 11.1. The minimum atomic E-state index is -1.82. The van der Waals surface area contributed by atoms with E-state index in [1.807, 2.05) is 25.1 Å². The summed E-state index contributed by atoms with van der Waals surface area (Å²) in [5, 5.41) is 15.6. The Kier molecular flexibility index (Phi) is 10.3. The number of carbonyl (C=O) groups is 2. The zero-order valence-electron chi connectivity index (χ0n) is 18.3. The minimum absolute atomic E-state index is 0.642. The maximum absolute atomic E-state index is 9.10. The van der Waals surface area contributed by atoms with Gasteiger partial charge in [-0.05, 0) is 42.3 Å². The number of ether oxygens (including phenoxy) is 2. The van der Waals surface area contributed by atoms with Crippen LogP contribution in [0.2, 0.25) is 5.02 Å². The molecular weight excluding hydrogens is 436 g/mol. The first kappa shape index (κ1) is 25.5. The molecule has 1 aliphatic rings. The van der Waals surface area contributed by atoms with Crippen molar-refractivity contribution in [2.24, 2.45) is 0 Å². The number of benzene rings is 2. The van der Waals surface area contributed by atoms with E-state index in [0.29, 0.717) is 6.61 Å². The van der Waals surface area contributed by atoms with Crippen molar-refractivity contribution in [2.75, 3.05) is 39.9 Å². The van der Waals surface area contributed by atoms with Crippen molar-refractivity contribution in [3.05, 3.63) is 58.6 Å². The summed E-state index contributed by atoms with van der Waals surface area (Å²) in [4.78, 5) is 23.2. The molecule has 9 heteroatoms. The molecule has 1 heterocycles. The standard InChI is InChI=1S/C21H27ClN2O2.C2H2O4/c1-3-26-21-14-18(6-9-20(21)25-2)16-24-12-10-23(11-13-24)15-17-4-7-19(22)8-5-17;3-1(4)2(5)6/h4-9,14H,3,10-13,15-16H2,1-2H3;(H,3,4)(H,5,6). The van der Waals surface area contributed by atoms with Gasteiger partial charge in [0.2, 0.25) is 0 Å². The second-order valence-corrected chi connectivity index (χ2v) is 7.64. The van der Waals surface area contributed by atoms with E-state index in [0.717, 1.165) is 55.8 Å². The summed E-state index contributed by atoms with van der Waals surface area (Å²) in [7, 11) is 1.68. The average molecular weight is 465 g/mol. The van der Waals surface area contributed by atoms with E-state index < -0.39 is 11.9 Å². The minimum Gasteiger partial charge on any atom is -0.493 e. The van der Waals surface area contributed by atoms with Crippen LogP contribution in [0.4, 0.5) is 0 Å². The third-order valence-electron chi connectivity index (χ3n) is 4.90. The molecule has 0 aromatic heterocycles. The molecule has 0 saturated carbocycles. The summed E-state index contributed by atoms with van der Waals surface area (Å²) in [5.74, 6) is -2.03. The van der Waals surface area contributed by atoms with Crippen LogP contribution in [0.15, 0.2) is 42.5 Å². The van der Waals surface area contributed by atoms with Crippen molar-refractivity contribution in [3.8, 4) is 11.5 Å². The third kappa shape index (κ3) is 8.37. The van der Waals surface area contributed by atoms with Gasteiger partial charge in [0.05, 0.1) is 13.7 Å². The molecule has 0 spiro atoms. The predicted molar refractivity (Wildman–Crippen MR) is 121 cm³/mol. The largest absolute Gasteiger partial charge is 0.493 e. The number of aliphatic carboxylic acids is 2. The van der Waals surface area contributed by atoms with Gasteiger partial charge in [0, 0.05) is 44.3 Å². The fraction of sp³-hybridized carbons (Fsp3) is 0.391. The van der Waals surface area contributed by atoms with Crippen LogP contribution in [0.3, 0.4) is 0 Å². The second kappa shape index (κ2) is 12.9. The maximum Gasteiger partial charge on any atom is 0.414 e. The van der Waals surface area contributed by atoms with E-state index in [1.54, 1.807) is 7.11 Å². The second-order valence-electron chi connectivity index (χ2n) is 7.21. The lowest BCUT2D eigenvalue weighted by Crippen LogP contribution is -2.45. The lowest BCUT2D eigenvalue weighted by molar-refractivity contribution is -0.159. The molecular formula is C23H29ClN2O6. The van der Waals surface area contributed by atoms with Gasteiger partial charge >= 0.3 is 11.9 Å². The van der Waals surface area contributed by atoms with Gasteiger partial charge in [0.15, 0.2) is 11.5 Å². The molecule has 0 atom stereocenters. The van der Waals surface area contributed by atoms with Crippen molar-refractivity contribution in [3.63, 3.8) is 0 Å². The topological polar surface area (TPSA) is 99.5 Å². The molecule has 32 heavy (non-hydrogen) atoms. The first-order chi connectivity index (χ1) is 15.3. The molecule has 2 aromatic carbocycles.